The number of hydrogen-bond donors (Lipinski definition) is 2. The summed E-state index contributed by atoms with van der Waals surface area (Å²) in [4.78, 5) is 3.95. The monoisotopic (exact) mass is 260 g/mol. The maximum atomic E-state index is 13.4. The van der Waals surface area contributed by atoms with Gasteiger partial charge >= 0.3 is 0 Å². The van der Waals surface area contributed by atoms with Gasteiger partial charge in [-0.3, -0.25) is 4.98 Å². The van der Waals surface area contributed by atoms with E-state index in [4.69, 9.17) is 0 Å². The zero-order valence-corrected chi connectivity index (χ0v) is 10.6. The van der Waals surface area contributed by atoms with Crippen LogP contribution in [0, 0.1) is 5.82 Å². The van der Waals surface area contributed by atoms with Gasteiger partial charge in [0.15, 0.2) is 0 Å². The molecule has 4 heteroatoms. The highest BCUT2D eigenvalue weighted by Gasteiger charge is 2.11. The van der Waals surface area contributed by atoms with Crippen LogP contribution < -0.4 is 5.32 Å². The van der Waals surface area contributed by atoms with Gasteiger partial charge in [0.05, 0.1) is 6.10 Å². The summed E-state index contributed by atoms with van der Waals surface area (Å²) >= 11 is 0. The number of nitrogens with one attached hydrogen (secondary N) is 1. The first-order valence-corrected chi connectivity index (χ1v) is 6.29. The van der Waals surface area contributed by atoms with Crippen molar-refractivity contribution in [3.05, 3.63) is 65.7 Å². The van der Waals surface area contributed by atoms with Crippen LogP contribution in [0.5, 0.6) is 0 Å². The lowest BCUT2D eigenvalue weighted by molar-refractivity contribution is 0.170. The molecule has 1 aromatic carbocycles. The summed E-state index contributed by atoms with van der Waals surface area (Å²) in [6.07, 6.45) is 3.54. The number of nitrogens with zero attached hydrogens (tertiary/aromatic N) is 1. The zero-order valence-electron chi connectivity index (χ0n) is 10.6. The van der Waals surface area contributed by atoms with Gasteiger partial charge in [-0.05, 0) is 36.7 Å². The van der Waals surface area contributed by atoms with Gasteiger partial charge in [-0.2, -0.15) is 0 Å². The molecule has 1 heterocycles. The minimum absolute atomic E-state index is 0.332. The Balaban J connectivity index is 1.76. The molecular formula is C15H17FN2O. The van der Waals surface area contributed by atoms with E-state index in [9.17, 15) is 9.50 Å². The summed E-state index contributed by atoms with van der Waals surface area (Å²) in [6, 6.07) is 10.2. The molecule has 0 saturated heterocycles. The van der Waals surface area contributed by atoms with Crippen molar-refractivity contribution in [2.45, 2.75) is 12.5 Å². The summed E-state index contributed by atoms with van der Waals surface area (Å²) in [5, 5.41) is 13.0. The third kappa shape index (κ3) is 4.12. The van der Waals surface area contributed by atoms with Gasteiger partial charge < -0.3 is 10.4 Å². The van der Waals surface area contributed by atoms with Crippen LogP contribution in [0.1, 0.15) is 17.2 Å². The largest absolute Gasteiger partial charge is 0.387 e. The highest BCUT2D eigenvalue weighted by Crippen LogP contribution is 2.15. The van der Waals surface area contributed by atoms with E-state index in [-0.39, 0.29) is 5.82 Å². The Labute approximate surface area is 112 Å². The van der Waals surface area contributed by atoms with E-state index < -0.39 is 6.10 Å². The number of aliphatic hydroxyl groups excluding tert-OH is 1. The van der Waals surface area contributed by atoms with Crippen LogP contribution in [0.15, 0.2) is 48.8 Å². The van der Waals surface area contributed by atoms with Crippen LogP contribution in [0.4, 0.5) is 4.39 Å². The first-order chi connectivity index (χ1) is 9.27. The van der Waals surface area contributed by atoms with Gasteiger partial charge in [0.1, 0.15) is 5.82 Å². The summed E-state index contributed by atoms with van der Waals surface area (Å²) in [5.41, 5.74) is 1.52. The molecule has 0 aliphatic carbocycles. The number of rotatable bonds is 6. The second-order valence-corrected chi connectivity index (χ2v) is 4.35. The molecular weight excluding hydrogens is 243 g/mol. The molecule has 0 spiro atoms. The molecule has 0 saturated carbocycles. The number of pyridine rings is 1. The lowest BCUT2D eigenvalue weighted by Gasteiger charge is -2.12. The molecule has 0 aliphatic heterocycles. The van der Waals surface area contributed by atoms with E-state index >= 15 is 0 Å². The van der Waals surface area contributed by atoms with Crippen LogP contribution >= 0.6 is 0 Å². The van der Waals surface area contributed by atoms with Gasteiger partial charge in [0, 0.05) is 24.5 Å². The summed E-state index contributed by atoms with van der Waals surface area (Å²) in [7, 11) is 0. The second-order valence-electron chi connectivity index (χ2n) is 4.35. The highest BCUT2D eigenvalue weighted by atomic mass is 19.1. The Morgan fingerprint density at radius 1 is 1.16 bits per heavy atom. The number of aromatic nitrogens is 1. The highest BCUT2D eigenvalue weighted by molar-refractivity contribution is 5.20. The molecule has 0 aliphatic rings. The summed E-state index contributed by atoms with van der Waals surface area (Å²) in [6.45, 7) is 1.07. The topological polar surface area (TPSA) is 45.1 Å². The van der Waals surface area contributed by atoms with Gasteiger partial charge in [-0.1, -0.05) is 18.2 Å². The van der Waals surface area contributed by atoms with E-state index in [1.54, 1.807) is 30.6 Å². The van der Waals surface area contributed by atoms with Crippen molar-refractivity contribution in [1.29, 1.82) is 0 Å². The standard InChI is InChI=1S/C15H17FN2O/c16-14-4-2-1-3-13(14)15(19)11-18-10-7-12-5-8-17-9-6-12/h1-6,8-9,15,18-19H,7,10-11H2. The minimum atomic E-state index is -0.821. The molecule has 2 N–H and O–H groups in total. The van der Waals surface area contributed by atoms with Gasteiger partial charge in [0.25, 0.3) is 0 Å². The fourth-order valence-electron chi connectivity index (χ4n) is 1.88. The first kappa shape index (κ1) is 13.6. The van der Waals surface area contributed by atoms with Crippen molar-refractivity contribution in [2.24, 2.45) is 0 Å². The van der Waals surface area contributed by atoms with Crippen molar-refractivity contribution in [1.82, 2.24) is 10.3 Å². The van der Waals surface area contributed by atoms with Crippen LogP contribution in [0.25, 0.3) is 0 Å². The molecule has 1 unspecified atom stereocenters. The smallest absolute Gasteiger partial charge is 0.129 e. The fourth-order valence-corrected chi connectivity index (χ4v) is 1.88. The van der Waals surface area contributed by atoms with Crippen LogP contribution in [-0.4, -0.2) is 23.2 Å². The molecule has 0 fully saturated rings. The molecule has 1 atom stereocenters. The lowest BCUT2D eigenvalue weighted by atomic mass is 10.1. The minimum Gasteiger partial charge on any atom is -0.387 e. The molecule has 1 aromatic heterocycles. The van der Waals surface area contributed by atoms with Crippen molar-refractivity contribution in [3.8, 4) is 0 Å². The Morgan fingerprint density at radius 2 is 1.89 bits per heavy atom. The number of halogens is 1. The Morgan fingerprint density at radius 3 is 2.63 bits per heavy atom. The van der Waals surface area contributed by atoms with E-state index in [0.717, 1.165) is 13.0 Å². The predicted octanol–water partition coefficient (Wildman–Crippen LogP) is 2.09. The summed E-state index contributed by atoms with van der Waals surface area (Å²) < 4.78 is 13.4. The molecule has 0 amide bonds. The van der Waals surface area contributed by atoms with Crippen molar-refractivity contribution >= 4 is 0 Å². The molecule has 19 heavy (non-hydrogen) atoms. The average molecular weight is 260 g/mol. The molecule has 3 nitrogen and oxygen atoms in total. The Kier molecular flexibility index (Phi) is 5.01. The quantitative estimate of drug-likeness (QED) is 0.782. The van der Waals surface area contributed by atoms with E-state index in [0.29, 0.717) is 12.1 Å². The normalized spacial score (nSPS) is 12.3. The first-order valence-electron chi connectivity index (χ1n) is 6.29. The predicted molar refractivity (Wildman–Crippen MR) is 72.2 cm³/mol. The molecule has 2 rings (SSSR count). The average Bonchev–Trinajstić information content (AvgIpc) is 2.45. The van der Waals surface area contributed by atoms with E-state index in [1.807, 2.05) is 12.1 Å². The maximum absolute atomic E-state index is 13.4. The fraction of sp³-hybridized carbons (Fsp3) is 0.267. The molecule has 0 radical (unpaired) electrons. The van der Waals surface area contributed by atoms with E-state index in [1.165, 1.54) is 11.6 Å². The third-order valence-electron chi connectivity index (χ3n) is 2.94. The lowest BCUT2D eigenvalue weighted by Crippen LogP contribution is -2.24. The maximum Gasteiger partial charge on any atom is 0.129 e. The summed E-state index contributed by atoms with van der Waals surface area (Å²) in [5.74, 6) is -0.370. The number of hydrogen-bond acceptors (Lipinski definition) is 3. The van der Waals surface area contributed by atoms with Crippen molar-refractivity contribution in [3.63, 3.8) is 0 Å². The van der Waals surface area contributed by atoms with Gasteiger partial charge in [-0.25, -0.2) is 4.39 Å². The van der Waals surface area contributed by atoms with Crippen molar-refractivity contribution < 1.29 is 9.50 Å². The molecule has 2 aromatic rings. The second kappa shape index (κ2) is 6.97. The van der Waals surface area contributed by atoms with Crippen LogP contribution in [0.2, 0.25) is 0 Å². The van der Waals surface area contributed by atoms with Crippen LogP contribution in [0.3, 0.4) is 0 Å². The van der Waals surface area contributed by atoms with Gasteiger partial charge in [-0.15, -0.1) is 0 Å². The molecule has 0 bridgehead atoms. The molecule has 100 valence electrons. The number of benzene rings is 1. The Bertz CT molecular complexity index is 505. The van der Waals surface area contributed by atoms with Crippen LogP contribution in [-0.2, 0) is 6.42 Å². The third-order valence-corrected chi connectivity index (χ3v) is 2.94. The Hall–Kier alpha value is -1.78. The zero-order chi connectivity index (χ0) is 13.5. The SMILES string of the molecule is OC(CNCCc1ccncc1)c1ccccc1F. The van der Waals surface area contributed by atoms with E-state index in [2.05, 4.69) is 10.3 Å². The van der Waals surface area contributed by atoms with Crippen molar-refractivity contribution in [2.75, 3.05) is 13.1 Å². The van der Waals surface area contributed by atoms with Gasteiger partial charge in [0.2, 0.25) is 0 Å². The number of aliphatic hydroxyl groups is 1.